The number of thioether (sulfide) groups is 1. The topological polar surface area (TPSA) is 111 Å². The van der Waals surface area contributed by atoms with Crippen LogP contribution in [0.15, 0.2) is 15.8 Å². The molecule has 2 rings (SSSR count). The molecule has 1 saturated heterocycles. The van der Waals surface area contributed by atoms with Gasteiger partial charge in [-0.15, -0.1) is 11.8 Å². The van der Waals surface area contributed by atoms with E-state index >= 15 is 0 Å². The molecule has 0 bridgehead atoms. The van der Waals surface area contributed by atoms with Crippen LogP contribution in [0, 0.1) is 5.82 Å². The number of ether oxygens (including phenoxy) is 2. The van der Waals surface area contributed by atoms with E-state index in [1.807, 2.05) is 4.98 Å². The number of nitrogens with one attached hydrogen (secondary N) is 1. The Morgan fingerprint density at radius 2 is 2.26 bits per heavy atom. The molecule has 0 aliphatic carbocycles. The van der Waals surface area contributed by atoms with Crippen molar-refractivity contribution in [3.05, 3.63) is 32.9 Å². The number of hydrogen-bond donors (Lipinski definition) is 2. The van der Waals surface area contributed by atoms with Crippen LogP contribution in [0.2, 0.25) is 0 Å². The predicted molar refractivity (Wildman–Crippen MR) is 79.9 cm³/mol. The Morgan fingerprint density at radius 3 is 2.87 bits per heavy atom. The first-order valence-electron chi connectivity index (χ1n) is 6.96. The van der Waals surface area contributed by atoms with Crippen LogP contribution in [-0.4, -0.2) is 44.9 Å². The van der Waals surface area contributed by atoms with E-state index in [4.69, 9.17) is 9.47 Å². The predicted octanol–water partition coefficient (Wildman–Crippen LogP) is 0.602. The van der Waals surface area contributed by atoms with E-state index < -0.39 is 39.9 Å². The fraction of sp³-hybridized carbons (Fsp3) is 0.615. The number of nitrogens with zero attached hydrogens (tertiary/aromatic N) is 1. The number of carbonyl (C=O) groups is 1. The Morgan fingerprint density at radius 1 is 1.57 bits per heavy atom. The molecule has 0 unspecified atom stereocenters. The molecule has 8 nitrogen and oxygen atoms in total. The van der Waals surface area contributed by atoms with Crippen molar-refractivity contribution in [3.8, 4) is 0 Å². The lowest BCUT2D eigenvalue weighted by Crippen LogP contribution is -2.33. The summed E-state index contributed by atoms with van der Waals surface area (Å²) in [6, 6.07) is 0. The van der Waals surface area contributed by atoms with Crippen LogP contribution in [0.25, 0.3) is 0 Å². The minimum Gasteiger partial charge on any atom is -0.432 e. The summed E-state index contributed by atoms with van der Waals surface area (Å²) in [4.78, 5) is 36.3. The number of hydrogen-bond acceptors (Lipinski definition) is 7. The van der Waals surface area contributed by atoms with Crippen molar-refractivity contribution in [1.82, 2.24) is 9.55 Å². The standard InChI is InChI=1S/C13H17FN2O6S/c1-6(2)21-13(20)22-8-3-10(23-9(8)5-17)16-4-7(14)11(18)15-12(16)19/h4,6,8-10,17H,3,5H2,1-2H3,(H,15,18,19)/t8-,9+,10+/m0/s1. The number of aliphatic hydroxyl groups is 1. The van der Waals surface area contributed by atoms with Gasteiger partial charge in [0.15, 0.2) is 0 Å². The second-order valence-electron chi connectivity index (χ2n) is 5.26. The molecule has 2 heterocycles. The van der Waals surface area contributed by atoms with Gasteiger partial charge in [0, 0.05) is 6.42 Å². The lowest BCUT2D eigenvalue weighted by atomic mass is 10.2. The van der Waals surface area contributed by atoms with Crippen LogP contribution < -0.4 is 11.2 Å². The molecule has 10 heteroatoms. The molecule has 1 aromatic heterocycles. The van der Waals surface area contributed by atoms with Crippen molar-refractivity contribution in [1.29, 1.82) is 0 Å². The van der Waals surface area contributed by atoms with Crippen LogP contribution in [-0.2, 0) is 9.47 Å². The summed E-state index contributed by atoms with van der Waals surface area (Å²) < 4.78 is 24.4. The highest BCUT2D eigenvalue weighted by atomic mass is 32.2. The number of halogens is 1. The molecular formula is C13H17FN2O6S. The van der Waals surface area contributed by atoms with Gasteiger partial charge in [0.2, 0.25) is 5.82 Å². The van der Waals surface area contributed by atoms with Crippen LogP contribution in [0.5, 0.6) is 0 Å². The number of aromatic nitrogens is 2. The minimum absolute atomic E-state index is 0.175. The van der Waals surface area contributed by atoms with Crippen molar-refractivity contribution >= 4 is 17.9 Å². The zero-order chi connectivity index (χ0) is 17.1. The first-order chi connectivity index (χ1) is 10.8. The molecule has 23 heavy (non-hydrogen) atoms. The Balaban J connectivity index is 2.15. The Hall–Kier alpha value is -1.81. The average molecular weight is 348 g/mol. The van der Waals surface area contributed by atoms with Gasteiger partial charge in [-0.3, -0.25) is 14.3 Å². The number of aromatic amines is 1. The van der Waals surface area contributed by atoms with Gasteiger partial charge in [-0.05, 0) is 13.8 Å². The molecule has 1 aliphatic rings. The Kier molecular flexibility index (Phi) is 5.47. The van der Waals surface area contributed by atoms with Crippen molar-refractivity contribution in [2.45, 2.75) is 43.1 Å². The summed E-state index contributed by atoms with van der Waals surface area (Å²) in [5.74, 6) is -1.09. The summed E-state index contributed by atoms with van der Waals surface area (Å²) >= 11 is 1.15. The maximum absolute atomic E-state index is 13.4. The second-order valence-corrected chi connectivity index (χ2v) is 6.69. The first kappa shape index (κ1) is 17.5. The molecule has 128 valence electrons. The molecule has 1 aromatic rings. The molecule has 0 amide bonds. The van der Waals surface area contributed by atoms with E-state index in [9.17, 15) is 23.9 Å². The molecule has 0 aromatic carbocycles. The fourth-order valence-corrected chi connectivity index (χ4v) is 3.60. The lowest BCUT2D eigenvalue weighted by molar-refractivity contribution is 0.00206. The Labute approximate surface area is 134 Å². The quantitative estimate of drug-likeness (QED) is 0.767. The number of H-pyrrole nitrogens is 1. The Bertz CT molecular complexity index is 688. The van der Waals surface area contributed by atoms with Gasteiger partial charge in [0.05, 0.1) is 29.5 Å². The third-order valence-electron chi connectivity index (χ3n) is 3.17. The third kappa shape index (κ3) is 4.14. The van der Waals surface area contributed by atoms with Gasteiger partial charge >= 0.3 is 11.8 Å². The van der Waals surface area contributed by atoms with E-state index in [1.165, 1.54) is 0 Å². The van der Waals surface area contributed by atoms with Gasteiger partial charge < -0.3 is 14.6 Å². The van der Waals surface area contributed by atoms with Crippen molar-refractivity contribution in [2.75, 3.05) is 6.61 Å². The SMILES string of the molecule is CC(C)OC(=O)O[C@H]1C[C@H](n2cc(F)c(=O)[nH]c2=O)S[C@@H]1CO. The summed E-state index contributed by atoms with van der Waals surface area (Å²) in [6.45, 7) is 3.04. The maximum Gasteiger partial charge on any atom is 0.508 e. The molecule has 0 radical (unpaired) electrons. The largest absolute Gasteiger partial charge is 0.508 e. The third-order valence-corrected chi connectivity index (χ3v) is 4.71. The molecule has 1 aliphatic heterocycles. The van der Waals surface area contributed by atoms with E-state index in [2.05, 4.69) is 0 Å². The van der Waals surface area contributed by atoms with E-state index in [0.29, 0.717) is 0 Å². The summed E-state index contributed by atoms with van der Waals surface area (Å²) in [5.41, 5.74) is -1.86. The highest BCUT2D eigenvalue weighted by Crippen LogP contribution is 2.42. The summed E-state index contributed by atoms with van der Waals surface area (Å²) in [5, 5.41) is 8.33. The van der Waals surface area contributed by atoms with Crippen LogP contribution in [0.4, 0.5) is 9.18 Å². The van der Waals surface area contributed by atoms with E-state index in [0.717, 1.165) is 22.5 Å². The molecule has 0 spiro atoms. The van der Waals surface area contributed by atoms with Crippen LogP contribution in [0.3, 0.4) is 0 Å². The molecule has 2 N–H and O–H groups in total. The lowest BCUT2D eigenvalue weighted by Gasteiger charge is -2.17. The summed E-state index contributed by atoms with van der Waals surface area (Å²) in [6.07, 6.45) is -0.931. The fourth-order valence-electron chi connectivity index (χ4n) is 2.18. The van der Waals surface area contributed by atoms with Gasteiger partial charge in [-0.1, -0.05) is 0 Å². The van der Waals surface area contributed by atoms with Crippen LogP contribution >= 0.6 is 11.8 Å². The van der Waals surface area contributed by atoms with Crippen molar-refractivity contribution in [3.63, 3.8) is 0 Å². The number of aliphatic hydroxyl groups excluding tert-OH is 1. The van der Waals surface area contributed by atoms with Gasteiger partial charge in [0.1, 0.15) is 6.10 Å². The highest BCUT2D eigenvalue weighted by molar-refractivity contribution is 8.00. The van der Waals surface area contributed by atoms with Crippen molar-refractivity contribution < 1.29 is 23.8 Å². The first-order valence-corrected chi connectivity index (χ1v) is 7.90. The van der Waals surface area contributed by atoms with Gasteiger partial charge in [-0.2, -0.15) is 4.39 Å². The zero-order valence-corrected chi connectivity index (χ0v) is 13.3. The minimum atomic E-state index is -1.10. The average Bonchev–Trinajstić information content (AvgIpc) is 2.84. The van der Waals surface area contributed by atoms with Gasteiger partial charge in [-0.25, -0.2) is 9.59 Å². The molecular weight excluding hydrogens is 331 g/mol. The van der Waals surface area contributed by atoms with Gasteiger partial charge in [0.25, 0.3) is 5.56 Å². The molecule has 3 atom stereocenters. The monoisotopic (exact) mass is 348 g/mol. The number of carbonyl (C=O) groups excluding carboxylic acids is 1. The number of rotatable bonds is 4. The molecule has 1 fully saturated rings. The molecule has 0 saturated carbocycles. The zero-order valence-electron chi connectivity index (χ0n) is 12.5. The van der Waals surface area contributed by atoms with E-state index in [-0.39, 0.29) is 19.1 Å². The maximum atomic E-state index is 13.4. The van der Waals surface area contributed by atoms with Crippen LogP contribution in [0.1, 0.15) is 25.6 Å². The second kappa shape index (κ2) is 7.18. The van der Waals surface area contributed by atoms with E-state index in [1.54, 1.807) is 13.8 Å². The smallest absolute Gasteiger partial charge is 0.432 e. The van der Waals surface area contributed by atoms with Crippen molar-refractivity contribution in [2.24, 2.45) is 0 Å². The summed E-state index contributed by atoms with van der Waals surface area (Å²) in [7, 11) is 0. The highest BCUT2D eigenvalue weighted by Gasteiger charge is 2.39. The normalized spacial score (nSPS) is 24.0.